The molecule has 1 aromatic heterocycles. The Hall–Kier alpha value is -1.67. The first-order valence-electron chi connectivity index (χ1n) is 5.38. The number of hydrogen-bond donors (Lipinski definition) is 2. The van der Waals surface area contributed by atoms with E-state index in [0.29, 0.717) is 24.0 Å². The van der Waals surface area contributed by atoms with Crippen molar-refractivity contribution in [2.24, 2.45) is 11.7 Å². The number of nitrogens with zero attached hydrogens (tertiary/aromatic N) is 3. The van der Waals surface area contributed by atoms with Crippen LogP contribution in [0.1, 0.15) is 25.5 Å². The molecule has 0 saturated heterocycles. The molecule has 2 rings (SSSR count). The summed E-state index contributed by atoms with van der Waals surface area (Å²) in [6.45, 7) is 2.67. The normalized spacial score (nSPS) is 18.6. The molecule has 1 aliphatic rings. The van der Waals surface area contributed by atoms with Gasteiger partial charge in [-0.15, -0.1) is 0 Å². The average molecular weight is 217 g/mol. The molecular formula is C11H15N5. The predicted molar refractivity (Wildman–Crippen MR) is 60.6 cm³/mol. The van der Waals surface area contributed by atoms with Gasteiger partial charge in [0, 0.05) is 6.54 Å². The summed E-state index contributed by atoms with van der Waals surface area (Å²) in [5, 5.41) is 11.9. The van der Waals surface area contributed by atoms with E-state index in [2.05, 4.69) is 22.2 Å². The van der Waals surface area contributed by atoms with Crippen LogP contribution in [0.4, 0.5) is 5.82 Å². The molecule has 0 aromatic carbocycles. The van der Waals surface area contributed by atoms with Gasteiger partial charge in [-0.2, -0.15) is 5.26 Å². The summed E-state index contributed by atoms with van der Waals surface area (Å²) in [6.07, 6.45) is 5.47. The summed E-state index contributed by atoms with van der Waals surface area (Å²) in [6, 6.07) is 1.94. The molecule has 1 saturated carbocycles. The van der Waals surface area contributed by atoms with Gasteiger partial charge in [-0.05, 0) is 25.7 Å². The summed E-state index contributed by atoms with van der Waals surface area (Å²) in [5.41, 5.74) is 6.01. The van der Waals surface area contributed by atoms with Crippen LogP contribution in [0.2, 0.25) is 0 Å². The smallest absolute Gasteiger partial charge is 0.158 e. The van der Waals surface area contributed by atoms with Crippen LogP contribution in [0.5, 0.6) is 0 Å². The maximum Gasteiger partial charge on any atom is 0.158 e. The highest BCUT2D eigenvalue weighted by Crippen LogP contribution is 2.40. The number of nitrogens with two attached hydrogens (primary N) is 1. The van der Waals surface area contributed by atoms with E-state index < -0.39 is 0 Å². The van der Waals surface area contributed by atoms with Crippen molar-refractivity contribution < 1.29 is 0 Å². The second-order valence-corrected chi connectivity index (χ2v) is 4.42. The number of rotatable bonds is 4. The van der Waals surface area contributed by atoms with Crippen molar-refractivity contribution in [3.05, 3.63) is 18.1 Å². The average Bonchev–Trinajstić information content (AvgIpc) is 3.14. The first kappa shape index (κ1) is 10.8. The molecule has 1 aliphatic carbocycles. The lowest BCUT2D eigenvalue weighted by Gasteiger charge is -2.29. The Bertz CT molecular complexity index is 403. The monoisotopic (exact) mass is 217 g/mol. The lowest BCUT2D eigenvalue weighted by atomic mass is 9.96. The Morgan fingerprint density at radius 2 is 2.31 bits per heavy atom. The molecule has 0 spiro atoms. The van der Waals surface area contributed by atoms with E-state index in [0.717, 1.165) is 0 Å². The number of aromatic nitrogens is 2. The zero-order valence-corrected chi connectivity index (χ0v) is 9.27. The molecule has 0 aliphatic heterocycles. The third-order valence-electron chi connectivity index (χ3n) is 3.08. The zero-order chi connectivity index (χ0) is 11.6. The van der Waals surface area contributed by atoms with Crippen molar-refractivity contribution in [1.29, 1.82) is 5.26 Å². The predicted octanol–water partition coefficient (Wildman–Crippen LogP) is 0.888. The van der Waals surface area contributed by atoms with Crippen LogP contribution >= 0.6 is 0 Å². The molecule has 3 N–H and O–H groups in total. The maximum atomic E-state index is 8.61. The molecule has 1 unspecified atom stereocenters. The highest BCUT2D eigenvalue weighted by molar-refractivity contribution is 5.37. The Labute approximate surface area is 94.7 Å². The van der Waals surface area contributed by atoms with E-state index in [4.69, 9.17) is 11.0 Å². The quantitative estimate of drug-likeness (QED) is 0.782. The molecule has 1 aromatic rings. The number of nitriles is 1. The Morgan fingerprint density at radius 1 is 1.56 bits per heavy atom. The van der Waals surface area contributed by atoms with Crippen LogP contribution in [-0.4, -0.2) is 22.1 Å². The summed E-state index contributed by atoms with van der Waals surface area (Å²) in [5.74, 6) is 1.30. The molecule has 5 nitrogen and oxygen atoms in total. The number of nitrogens with one attached hydrogen (secondary N) is 1. The van der Waals surface area contributed by atoms with Gasteiger partial charge in [0.15, 0.2) is 5.69 Å². The minimum Gasteiger partial charge on any atom is -0.362 e. The highest BCUT2D eigenvalue weighted by atomic mass is 15.1. The van der Waals surface area contributed by atoms with Crippen LogP contribution in [0.3, 0.4) is 0 Å². The topological polar surface area (TPSA) is 87.6 Å². The SMILES string of the molecule is CC(CN)(Nc1cnc(C#N)cn1)C1CC1. The fourth-order valence-corrected chi connectivity index (χ4v) is 1.78. The van der Waals surface area contributed by atoms with Gasteiger partial charge in [-0.3, -0.25) is 0 Å². The van der Waals surface area contributed by atoms with Gasteiger partial charge >= 0.3 is 0 Å². The van der Waals surface area contributed by atoms with Crippen molar-refractivity contribution in [1.82, 2.24) is 9.97 Å². The molecule has 5 heteroatoms. The van der Waals surface area contributed by atoms with E-state index in [-0.39, 0.29) is 5.54 Å². The van der Waals surface area contributed by atoms with E-state index in [1.165, 1.54) is 19.0 Å². The minimum atomic E-state index is -0.108. The molecule has 0 amide bonds. The molecule has 1 atom stereocenters. The largest absolute Gasteiger partial charge is 0.362 e. The Morgan fingerprint density at radius 3 is 2.75 bits per heavy atom. The summed E-state index contributed by atoms with van der Waals surface area (Å²) in [4.78, 5) is 8.11. The van der Waals surface area contributed by atoms with E-state index in [1.807, 2.05) is 6.07 Å². The first-order valence-corrected chi connectivity index (χ1v) is 5.38. The fourth-order valence-electron chi connectivity index (χ4n) is 1.78. The van der Waals surface area contributed by atoms with Gasteiger partial charge in [0.25, 0.3) is 0 Å². The van der Waals surface area contributed by atoms with Crippen molar-refractivity contribution in [2.75, 3.05) is 11.9 Å². The third kappa shape index (κ3) is 2.12. The third-order valence-corrected chi connectivity index (χ3v) is 3.08. The van der Waals surface area contributed by atoms with Gasteiger partial charge in [-0.1, -0.05) is 0 Å². The summed E-state index contributed by atoms with van der Waals surface area (Å²) in [7, 11) is 0. The molecule has 0 radical (unpaired) electrons. The molecule has 16 heavy (non-hydrogen) atoms. The van der Waals surface area contributed by atoms with Crippen molar-refractivity contribution >= 4 is 5.82 Å². The summed E-state index contributed by atoms with van der Waals surface area (Å²) >= 11 is 0. The van der Waals surface area contributed by atoms with Gasteiger partial charge in [0.2, 0.25) is 0 Å². The lowest BCUT2D eigenvalue weighted by molar-refractivity contribution is 0.457. The van der Waals surface area contributed by atoms with Gasteiger partial charge in [0.05, 0.1) is 17.9 Å². The van der Waals surface area contributed by atoms with Gasteiger partial charge in [-0.25, -0.2) is 9.97 Å². The highest BCUT2D eigenvalue weighted by Gasteiger charge is 2.40. The minimum absolute atomic E-state index is 0.108. The van der Waals surface area contributed by atoms with Crippen LogP contribution in [-0.2, 0) is 0 Å². The lowest BCUT2D eigenvalue weighted by Crippen LogP contribution is -2.44. The van der Waals surface area contributed by atoms with Gasteiger partial charge < -0.3 is 11.1 Å². The first-order chi connectivity index (χ1) is 7.68. The maximum absolute atomic E-state index is 8.61. The second-order valence-electron chi connectivity index (χ2n) is 4.42. The molecule has 84 valence electrons. The van der Waals surface area contributed by atoms with Crippen LogP contribution in [0, 0.1) is 17.2 Å². The van der Waals surface area contributed by atoms with Crippen molar-refractivity contribution in [2.45, 2.75) is 25.3 Å². The standard InChI is InChI=1S/C11H15N5/c1-11(7-13,8-2-3-8)16-10-6-14-9(4-12)5-15-10/h5-6,8H,2-3,7,13H2,1H3,(H,15,16). The number of hydrogen-bond acceptors (Lipinski definition) is 5. The zero-order valence-electron chi connectivity index (χ0n) is 9.27. The Kier molecular flexibility index (Phi) is 2.75. The van der Waals surface area contributed by atoms with Crippen molar-refractivity contribution in [3.8, 4) is 6.07 Å². The molecular weight excluding hydrogens is 202 g/mol. The van der Waals surface area contributed by atoms with E-state index >= 15 is 0 Å². The molecule has 1 heterocycles. The number of anilines is 1. The van der Waals surface area contributed by atoms with Crippen molar-refractivity contribution in [3.63, 3.8) is 0 Å². The van der Waals surface area contributed by atoms with E-state index in [9.17, 15) is 0 Å². The van der Waals surface area contributed by atoms with Crippen LogP contribution in [0.15, 0.2) is 12.4 Å². The van der Waals surface area contributed by atoms with Crippen LogP contribution in [0.25, 0.3) is 0 Å². The Balaban J connectivity index is 2.10. The molecule has 1 fully saturated rings. The molecule has 0 bridgehead atoms. The summed E-state index contributed by atoms with van der Waals surface area (Å²) < 4.78 is 0. The van der Waals surface area contributed by atoms with E-state index in [1.54, 1.807) is 6.20 Å². The fraction of sp³-hybridized carbons (Fsp3) is 0.545. The van der Waals surface area contributed by atoms with Gasteiger partial charge in [0.1, 0.15) is 11.9 Å². The second kappa shape index (κ2) is 4.06. The van der Waals surface area contributed by atoms with Crippen LogP contribution < -0.4 is 11.1 Å².